The lowest BCUT2D eigenvalue weighted by molar-refractivity contribution is -0.0673. The predicted molar refractivity (Wildman–Crippen MR) is 78.5 cm³/mol. The van der Waals surface area contributed by atoms with Crippen molar-refractivity contribution in [2.45, 2.75) is 19.1 Å². The number of amides is 1. The highest BCUT2D eigenvalue weighted by Crippen LogP contribution is 2.28. The van der Waals surface area contributed by atoms with Gasteiger partial charge in [-0.25, -0.2) is 0 Å². The summed E-state index contributed by atoms with van der Waals surface area (Å²) in [5.74, 6) is 0.0417. The number of aliphatic hydroxyl groups is 1. The van der Waals surface area contributed by atoms with Crippen LogP contribution in [0.2, 0.25) is 5.02 Å². The Morgan fingerprint density at radius 3 is 3.05 bits per heavy atom. The summed E-state index contributed by atoms with van der Waals surface area (Å²) >= 11 is 6.06. The molecule has 1 amide bonds. The maximum Gasteiger partial charge on any atom is 0.290 e. The minimum atomic E-state index is -0.349. The molecule has 0 aliphatic carbocycles. The van der Waals surface area contributed by atoms with Crippen LogP contribution in [-0.4, -0.2) is 47.8 Å². The molecule has 1 aromatic carbocycles. The largest absolute Gasteiger partial charge is 0.449 e. The molecule has 6 heteroatoms. The van der Waals surface area contributed by atoms with E-state index in [-0.39, 0.29) is 30.4 Å². The number of halogens is 1. The summed E-state index contributed by atoms with van der Waals surface area (Å²) in [4.78, 5) is 14.3. The van der Waals surface area contributed by atoms with Crippen LogP contribution in [0.4, 0.5) is 0 Å². The molecule has 2 heterocycles. The Hall–Kier alpha value is -1.56. The quantitative estimate of drug-likeness (QED) is 0.924. The third-order valence-corrected chi connectivity index (χ3v) is 3.97. The summed E-state index contributed by atoms with van der Waals surface area (Å²) in [6.07, 6.45) is -0.349. The van der Waals surface area contributed by atoms with Crippen LogP contribution < -0.4 is 0 Å². The fourth-order valence-corrected chi connectivity index (χ4v) is 2.71. The number of nitrogens with zero attached hydrogens (tertiary/aromatic N) is 1. The molecule has 5 nitrogen and oxygen atoms in total. The second-order valence-corrected chi connectivity index (χ2v) is 5.62. The van der Waals surface area contributed by atoms with Gasteiger partial charge in [0.05, 0.1) is 30.4 Å². The van der Waals surface area contributed by atoms with Crippen molar-refractivity contribution in [1.29, 1.82) is 0 Å². The fraction of sp³-hybridized carbons (Fsp3) is 0.400. The first-order chi connectivity index (χ1) is 10.1. The topological polar surface area (TPSA) is 62.9 Å². The van der Waals surface area contributed by atoms with Crippen molar-refractivity contribution < 1.29 is 19.1 Å². The van der Waals surface area contributed by atoms with E-state index in [4.69, 9.17) is 20.8 Å². The molecule has 21 heavy (non-hydrogen) atoms. The number of morpholine rings is 1. The average molecular weight is 310 g/mol. The van der Waals surface area contributed by atoms with Crippen molar-refractivity contribution >= 4 is 28.5 Å². The molecule has 1 fully saturated rings. The van der Waals surface area contributed by atoms with Crippen LogP contribution in [0.1, 0.15) is 17.5 Å². The van der Waals surface area contributed by atoms with Crippen molar-refractivity contribution in [1.82, 2.24) is 4.90 Å². The molecule has 2 aromatic rings. The van der Waals surface area contributed by atoms with Crippen molar-refractivity contribution in [3.63, 3.8) is 0 Å². The summed E-state index contributed by atoms with van der Waals surface area (Å²) in [5, 5.41) is 10.5. The lowest BCUT2D eigenvalue weighted by Gasteiger charge is -2.36. The molecule has 2 unspecified atom stereocenters. The molecule has 0 saturated carbocycles. The van der Waals surface area contributed by atoms with Gasteiger partial charge in [-0.3, -0.25) is 4.79 Å². The average Bonchev–Trinajstić information content (AvgIpc) is 2.93. The van der Waals surface area contributed by atoms with Gasteiger partial charge in [-0.1, -0.05) is 23.7 Å². The van der Waals surface area contributed by atoms with Crippen LogP contribution in [0.3, 0.4) is 0 Å². The van der Waals surface area contributed by atoms with Crippen LogP contribution in [0.25, 0.3) is 11.0 Å². The number of carbonyl (C=O) groups is 1. The Morgan fingerprint density at radius 2 is 2.33 bits per heavy atom. The van der Waals surface area contributed by atoms with Crippen molar-refractivity contribution in [3.05, 3.63) is 35.0 Å². The number of carbonyl (C=O) groups excluding carboxylic acids is 1. The molecule has 0 spiro atoms. The minimum Gasteiger partial charge on any atom is -0.449 e. The number of furan rings is 1. The van der Waals surface area contributed by atoms with Crippen LogP contribution in [0, 0.1) is 0 Å². The molecule has 112 valence electrons. The second kappa shape index (κ2) is 5.67. The molecule has 0 bridgehead atoms. The van der Waals surface area contributed by atoms with Crippen LogP contribution in [0.5, 0.6) is 0 Å². The number of fused-ring (bicyclic) bond motifs is 1. The van der Waals surface area contributed by atoms with Gasteiger partial charge in [0.15, 0.2) is 11.3 Å². The molecule has 1 saturated heterocycles. The lowest BCUT2D eigenvalue weighted by Crippen LogP contribution is -2.51. The molecular weight excluding hydrogens is 294 g/mol. The van der Waals surface area contributed by atoms with E-state index in [1.165, 1.54) is 0 Å². The van der Waals surface area contributed by atoms with E-state index in [1.807, 2.05) is 19.1 Å². The van der Waals surface area contributed by atoms with E-state index < -0.39 is 0 Å². The molecule has 0 radical (unpaired) electrons. The van der Waals surface area contributed by atoms with Gasteiger partial charge < -0.3 is 19.2 Å². The van der Waals surface area contributed by atoms with Gasteiger partial charge in [0.25, 0.3) is 5.91 Å². The highest BCUT2D eigenvalue weighted by Gasteiger charge is 2.31. The van der Waals surface area contributed by atoms with Gasteiger partial charge in [0.2, 0.25) is 0 Å². The first kappa shape index (κ1) is 14.4. The van der Waals surface area contributed by atoms with Crippen molar-refractivity contribution in [2.75, 3.05) is 19.8 Å². The van der Waals surface area contributed by atoms with Gasteiger partial charge in [-0.15, -0.1) is 0 Å². The number of ether oxygens (including phenoxy) is 1. The van der Waals surface area contributed by atoms with Gasteiger partial charge in [-0.2, -0.15) is 0 Å². The third kappa shape index (κ3) is 2.64. The fourth-order valence-electron chi connectivity index (χ4n) is 2.49. The van der Waals surface area contributed by atoms with E-state index in [0.717, 1.165) is 5.39 Å². The summed E-state index contributed by atoms with van der Waals surface area (Å²) in [6, 6.07) is 7.01. The number of hydrogen-bond acceptors (Lipinski definition) is 4. The zero-order valence-electron chi connectivity index (χ0n) is 11.6. The van der Waals surface area contributed by atoms with Crippen LogP contribution in [0.15, 0.2) is 28.7 Å². The monoisotopic (exact) mass is 309 g/mol. The summed E-state index contributed by atoms with van der Waals surface area (Å²) in [7, 11) is 0. The SMILES string of the molecule is CC1COC(CO)CN1C(=O)c1cc2cccc(Cl)c2o1. The highest BCUT2D eigenvalue weighted by molar-refractivity contribution is 6.34. The molecule has 2 atom stereocenters. The molecule has 1 aliphatic heterocycles. The smallest absolute Gasteiger partial charge is 0.290 e. The van der Waals surface area contributed by atoms with Gasteiger partial charge in [-0.05, 0) is 19.1 Å². The zero-order valence-corrected chi connectivity index (χ0v) is 12.3. The van der Waals surface area contributed by atoms with Gasteiger partial charge in [0, 0.05) is 11.9 Å². The molecule has 3 rings (SSSR count). The van der Waals surface area contributed by atoms with Crippen LogP contribution in [-0.2, 0) is 4.74 Å². The third-order valence-electron chi connectivity index (χ3n) is 3.68. The van der Waals surface area contributed by atoms with E-state index >= 15 is 0 Å². The molecule has 1 N–H and O–H groups in total. The van der Waals surface area contributed by atoms with Crippen LogP contribution >= 0.6 is 11.6 Å². The normalized spacial score (nSPS) is 22.7. The van der Waals surface area contributed by atoms with E-state index in [2.05, 4.69) is 0 Å². The Balaban J connectivity index is 1.90. The van der Waals surface area contributed by atoms with E-state index in [9.17, 15) is 9.90 Å². The summed E-state index contributed by atoms with van der Waals surface area (Å²) in [6.45, 7) is 2.54. The molecular formula is C15H16ClNO4. The van der Waals surface area contributed by atoms with Crippen molar-refractivity contribution in [3.8, 4) is 0 Å². The summed E-state index contributed by atoms with van der Waals surface area (Å²) < 4.78 is 11.0. The maximum atomic E-state index is 12.6. The molecule has 1 aliphatic rings. The number of aliphatic hydroxyl groups excluding tert-OH is 1. The van der Waals surface area contributed by atoms with Gasteiger partial charge in [0.1, 0.15) is 0 Å². The predicted octanol–water partition coefficient (Wildman–Crippen LogP) is 2.31. The van der Waals surface area contributed by atoms with Crippen molar-refractivity contribution in [2.24, 2.45) is 0 Å². The summed E-state index contributed by atoms with van der Waals surface area (Å²) in [5.41, 5.74) is 0.516. The Morgan fingerprint density at radius 1 is 1.52 bits per heavy atom. The Labute approximate surface area is 127 Å². The number of benzene rings is 1. The van der Waals surface area contributed by atoms with Gasteiger partial charge >= 0.3 is 0 Å². The first-order valence-electron chi connectivity index (χ1n) is 6.81. The Bertz CT molecular complexity index is 669. The second-order valence-electron chi connectivity index (χ2n) is 5.21. The zero-order chi connectivity index (χ0) is 15.0. The minimum absolute atomic E-state index is 0.0658. The number of para-hydroxylation sites is 1. The highest BCUT2D eigenvalue weighted by atomic mass is 35.5. The number of hydrogen-bond donors (Lipinski definition) is 1. The molecule has 1 aromatic heterocycles. The number of rotatable bonds is 2. The Kier molecular flexibility index (Phi) is 3.89. The standard InChI is InChI=1S/C15H16ClNO4/c1-9-8-20-11(7-18)6-17(9)15(19)13-5-10-3-2-4-12(16)14(10)21-13/h2-5,9,11,18H,6-8H2,1H3. The van der Waals surface area contributed by atoms with E-state index in [1.54, 1.807) is 17.0 Å². The maximum absolute atomic E-state index is 12.6. The first-order valence-corrected chi connectivity index (χ1v) is 7.19. The lowest BCUT2D eigenvalue weighted by atomic mass is 10.2. The van der Waals surface area contributed by atoms with E-state index in [0.29, 0.717) is 23.8 Å².